The van der Waals surface area contributed by atoms with Crippen molar-refractivity contribution in [1.29, 1.82) is 5.26 Å². The predicted octanol–water partition coefficient (Wildman–Crippen LogP) is 0.868. The molecule has 0 amide bonds. The van der Waals surface area contributed by atoms with E-state index in [9.17, 15) is 14.9 Å². The van der Waals surface area contributed by atoms with Crippen molar-refractivity contribution in [2.45, 2.75) is 11.1 Å². The van der Waals surface area contributed by atoms with Gasteiger partial charge in [0.05, 0.1) is 12.0 Å². The molecular formula is C13H12N4O2S. The molecule has 0 aliphatic heterocycles. The standard InChI is InChI=1S/C13H12N4O2S/c1-17-13(15-11(18)12(19)16-17)20-8-10(7-14)9-5-3-2-4-6-9/h2-6,10H,8H2,1H3,(H,16,19). The van der Waals surface area contributed by atoms with E-state index in [4.69, 9.17) is 0 Å². The average Bonchev–Trinajstić information content (AvgIpc) is 2.46. The van der Waals surface area contributed by atoms with Crippen LogP contribution in [0.1, 0.15) is 11.5 Å². The number of aromatic amines is 1. The number of hydrogen-bond acceptors (Lipinski definition) is 5. The quantitative estimate of drug-likeness (QED) is 0.665. The monoisotopic (exact) mass is 288 g/mol. The van der Waals surface area contributed by atoms with Crippen LogP contribution in [0, 0.1) is 11.3 Å². The van der Waals surface area contributed by atoms with Crippen molar-refractivity contribution in [2.24, 2.45) is 7.05 Å². The summed E-state index contributed by atoms with van der Waals surface area (Å²) in [6.45, 7) is 0. The van der Waals surface area contributed by atoms with Crippen molar-refractivity contribution in [3.63, 3.8) is 0 Å². The van der Waals surface area contributed by atoms with Crippen LogP contribution in [0.4, 0.5) is 0 Å². The molecule has 0 bridgehead atoms. The molecular weight excluding hydrogens is 276 g/mol. The van der Waals surface area contributed by atoms with Gasteiger partial charge < -0.3 is 0 Å². The van der Waals surface area contributed by atoms with Gasteiger partial charge in [0.1, 0.15) is 0 Å². The smallest absolute Gasteiger partial charge is 0.265 e. The van der Waals surface area contributed by atoms with Crippen molar-refractivity contribution in [3.05, 3.63) is 56.6 Å². The molecule has 0 aliphatic rings. The summed E-state index contributed by atoms with van der Waals surface area (Å²) in [4.78, 5) is 26.0. The Morgan fingerprint density at radius 3 is 2.75 bits per heavy atom. The fourth-order valence-electron chi connectivity index (χ4n) is 1.64. The van der Waals surface area contributed by atoms with Crippen molar-refractivity contribution >= 4 is 11.8 Å². The zero-order valence-electron chi connectivity index (χ0n) is 10.7. The maximum absolute atomic E-state index is 11.2. The second-order valence-corrected chi connectivity index (χ2v) is 5.09. The summed E-state index contributed by atoms with van der Waals surface area (Å²) < 4.78 is 1.38. The Kier molecular flexibility index (Phi) is 4.38. The third-order valence-corrected chi connectivity index (χ3v) is 3.81. The molecule has 6 nitrogen and oxygen atoms in total. The normalized spacial score (nSPS) is 11.8. The van der Waals surface area contributed by atoms with Gasteiger partial charge in [0.15, 0.2) is 5.16 Å². The van der Waals surface area contributed by atoms with Gasteiger partial charge in [-0.05, 0) is 5.56 Å². The van der Waals surface area contributed by atoms with Crippen molar-refractivity contribution in [2.75, 3.05) is 5.75 Å². The van der Waals surface area contributed by atoms with Gasteiger partial charge in [-0.25, -0.2) is 0 Å². The summed E-state index contributed by atoms with van der Waals surface area (Å²) in [5.41, 5.74) is -0.660. The zero-order valence-corrected chi connectivity index (χ0v) is 11.6. The van der Waals surface area contributed by atoms with Gasteiger partial charge in [-0.3, -0.25) is 19.4 Å². The first-order valence-electron chi connectivity index (χ1n) is 5.86. The Morgan fingerprint density at radius 2 is 2.10 bits per heavy atom. The third-order valence-electron chi connectivity index (χ3n) is 2.68. The topological polar surface area (TPSA) is 91.5 Å². The molecule has 7 heteroatoms. The van der Waals surface area contributed by atoms with Crippen LogP contribution < -0.4 is 11.1 Å². The summed E-state index contributed by atoms with van der Waals surface area (Å²) >= 11 is 1.26. The van der Waals surface area contributed by atoms with E-state index in [0.717, 1.165) is 5.56 Å². The highest BCUT2D eigenvalue weighted by molar-refractivity contribution is 7.99. The van der Waals surface area contributed by atoms with E-state index in [0.29, 0.717) is 10.9 Å². The maximum atomic E-state index is 11.2. The highest BCUT2D eigenvalue weighted by atomic mass is 32.2. The van der Waals surface area contributed by atoms with Crippen molar-refractivity contribution in [3.8, 4) is 6.07 Å². The fourth-order valence-corrected chi connectivity index (χ4v) is 2.61. The van der Waals surface area contributed by atoms with Gasteiger partial charge in [0.25, 0.3) is 0 Å². The number of H-pyrrole nitrogens is 1. The molecule has 0 spiro atoms. The number of aromatic nitrogens is 3. The van der Waals surface area contributed by atoms with Gasteiger partial charge in [0.2, 0.25) is 0 Å². The second kappa shape index (κ2) is 6.21. The average molecular weight is 288 g/mol. The lowest BCUT2D eigenvalue weighted by Gasteiger charge is -2.10. The number of hydrogen-bond donors (Lipinski definition) is 1. The largest absolute Gasteiger partial charge is 0.339 e. The number of nitrogens with one attached hydrogen (secondary N) is 1. The fraction of sp³-hybridized carbons (Fsp3) is 0.231. The summed E-state index contributed by atoms with van der Waals surface area (Å²) in [6, 6.07) is 11.6. The molecule has 1 N–H and O–H groups in total. The van der Waals surface area contributed by atoms with Crippen LogP contribution in [0.5, 0.6) is 0 Å². The molecule has 0 saturated carbocycles. The summed E-state index contributed by atoms with van der Waals surface area (Å²) in [5.74, 6) is 0.150. The van der Waals surface area contributed by atoms with E-state index in [1.807, 2.05) is 30.3 Å². The molecule has 1 aromatic heterocycles. The van der Waals surface area contributed by atoms with Gasteiger partial charge in [-0.15, -0.1) is 0 Å². The highest BCUT2D eigenvalue weighted by Crippen LogP contribution is 2.23. The van der Waals surface area contributed by atoms with Gasteiger partial charge >= 0.3 is 11.1 Å². The number of nitrogens with zero attached hydrogens (tertiary/aromatic N) is 3. The Bertz CT molecular complexity index is 745. The predicted molar refractivity (Wildman–Crippen MR) is 75.6 cm³/mol. The third kappa shape index (κ3) is 3.16. The van der Waals surface area contributed by atoms with E-state index >= 15 is 0 Å². The first-order valence-corrected chi connectivity index (χ1v) is 6.85. The lowest BCUT2D eigenvalue weighted by atomic mass is 10.0. The number of thioether (sulfide) groups is 1. The van der Waals surface area contributed by atoms with Gasteiger partial charge in [-0.1, -0.05) is 42.1 Å². The Labute approximate surface area is 119 Å². The van der Waals surface area contributed by atoms with Crippen LogP contribution in [0.25, 0.3) is 0 Å². The number of aryl methyl sites for hydroxylation is 1. The molecule has 0 fully saturated rings. The molecule has 1 atom stereocenters. The van der Waals surface area contributed by atoms with E-state index in [1.165, 1.54) is 16.4 Å². The number of rotatable bonds is 4. The van der Waals surface area contributed by atoms with Crippen molar-refractivity contribution < 1.29 is 0 Å². The first-order chi connectivity index (χ1) is 9.61. The molecule has 2 aromatic rings. The van der Waals surface area contributed by atoms with Crippen LogP contribution in [0.3, 0.4) is 0 Å². The summed E-state index contributed by atoms with van der Waals surface area (Å²) in [7, 11) is 1.60. The molecule has 0 radical (unpaired) electrons. The summed E-state index contributed by atoms with van der Waals surface area (Å²) in [6.07, 6.45) is 0. The van der Waals surface area contributed by atoms with Gasteiger partial charge in [-0.2, -0.15) is 10.2 Å². The second-order valence-electron chi connectivity index (χ2n) is 4.10. The Balaban J connectivity index is 2.16. The minimum absolute atomic E-state index is 0.301. The number of nitriles is 1. The minimum atomic E-state index is -0.821. The number of benzene rings is 1. The summed E-state index contributed by atoms with van der Waals surface area (Å²) in [5, 5.41) is 12.0. The maximum Gasteiger partial charge on any atom is 0.339 e. The lowest BCUT2D eigenvalue weighted by molar-refractivity contribution is 0.596. The molecule has 0 saturated heterocycles. The lowest BCUT2D eigenvalue weighted by Crippen LogP contribution is -2.33. The Morgan fingerprint density at radius 1 is 1.40 bits per heavy atom. The van der Waals surface area contributed by atoms with E-state index < -0.39 is 11.1 Å². The first kappa shape index (κ1) is 14.1. The molecule has 102 valence electrons. The molecule has 2 rings (SSSR count). The molecule has 0 aliphatic carbocycles. The molecule has 1 unspecified atom stereocenters. The minimum Gasteiger partial charge on any atom is -0.265 e. The van der Waals surface area contributed by atoms with E-state index in [2.05, 4.69) is 16.2 Å². The molecule has 1 heterocycles. The van der Waals surface area contributed by atoms with Crippen molar-refractivity contribution in [1.82, 2.24) is 14.8 Å². The van der Waals surface area contributed by atoms with E-state index in [-0.39, 0.29) is 5.92 Å². The van der Waals surface area contributed by atoms with Crippen LogP contribution in [0.2, 0.25) is 0 Å². The molecule has 20 heavy (non-hydrogen) atoms. The van der Waals surface area contributed by atoms with Gasteiger partial charge in [0, 0.05) is 12.8 Å². The molecule has 1 aromatic carbocycles. The highest BCUT2D eigenvalue weighted by Gasteiger charge is 2.13. The Hall–Kier alpha value is -2.33. The SMILES string of the molecule is Cn1[nH]c(=O)c(=O)nc1SCC(C#N)c1ccccc1. The van der Waals surface area contributed by atoms with E-state index in [1.54, 1.807) is 7.05 Å². The van der Waals surface area contributed by atoms with Crippen LogP contribution >= 0.6 is 11.8 Å². The van der Waals surface area contributed by atoms with Crippen LogP contribution in [-0.4, -0.2) is 20.5 Å². The van der Waals surface area contributed by atoms with Crippen LogP contribution in [0.15, 0.2) is 45.1 Å². The zero-order chi connectivity index (χ0) is 14.5. The van der Waals surface area contributed by atoms with Crippen LogP contribution in [-0.2, 0) is 7.05 Å².